The van der Waals surface area contributed by atoms with Gasteiger partial charge in [-0.05, 0) is 20.1 Å². The number of hydrogen-bond donors (Lipinski definition) is 0. The van der Waals surface area contributed by atoms with E-state index in [0.29, 0.717) is 0 Å². The van der Waals surface area contributed by atoms with Crippen LogP contribution < -0.4 is 0 Å². The molecule has 83 valence electrons. The van der Waals surface area contributed by atoms with E-state index in [1.807, 2.05) is 13.8 Å². The van der Waals surface area contributed by atoms with E-state index in [9.17, 15) is 0 Å². The molecule has 0 aliphatic heterocycles. The predicted molar refractivity (Wildman–Crippen MR) is 58.3 cm³/mol. The van der Waals surface area contributed by atoms with E-state index in [0.717, 1.165) is 0 Å². The fourth-order valence-corrected chi connectivity index (χ4v) is 0.818. The minimum Gasteiger partial charge on any atom is -0.327 e. The van der Waals surface area contributed by atoms with Crippen LogP contribution in [-0.4, -0.2) is 25.0 Å². The first-order valence-corrected chi connectivity index (χ1v) is 5.31. The molecule has 0 aliphatic carbocycles. The molecule has 0 aromatic rings. The molecule has 0 rings (SSSR count). The van der Waals surface area contributed by atoms with Crippen LogP contribution in [0.15, 0.2) is 0 Å². The van der Waals surface area contributed by atoms with Crippen molar-refractivity contribution in [3.8, 4) is 0 Å². The molecular weight excluding hydrogens is 332 g/mol. The van der Waals surface area contributed by atoms with E-state index < -0.39 is 0 Å². The Morgan fingerprint density at radius 1 is 1.08 bits per heavy atom. The summed E-state index contributed by atoms with van der Waals surface area (Å²) < 4.78 is 0. The molecule has 0 amide bonds. The van der Waals surface area contributed by atoms with Crippen LogP contribution >= 0.6 is 0 Å². The molecule has 1 nitrogen and oxygen atoms in total. The van der Waals surface area contributed by atoms with Gasteiger partial charge in [0.1, 0.15) is 0 Å². The SMILES string of the molecule is CC.CCC[CH-]CCN(C)CC.[Re]. The summed E-state index contributed by atoms with van der Waals surface area (Å²) in [7, 11) is 2.17. The maximum Gasteiger partial charge on any atom is 0 e. The Morgan fingerprint density at radius 3 is 2.00 bits per heavy atom. The van der Waals surface area contributed by atoms with Gasteiger partial charge in [0.15, 0.2) is 0 Å². The summed E-state index contributed by atoms with van der Waals surface area (Å²) in [6.45, 7) is 10.8. The summed E-state index contributed by atoms with van der Waals surface area (Å²) in [5, 5.41) is 0. The third-order valence-electron chi connectivity index (χ3n) is 1.75. The zero-order valence-corrected chi connectivity index (χ0v) is 12.7. The Bertz CT molecular complexity index is 67.1. The van der Waals surface area contributed by atoms with Crippen LogP contribution in [0.3, 0.4) is 0 Å². The molecule has 13 heavy (non-hydrogen) atoms. The zero-order valence-electron chi connectivity index (χ0n) is 9.94. The Hall–Kier alpha value is 0.622. The summed E-state index contributed by atoms with van der Waals surface area (Å²) in [6.07, 6.45) is 6.19. The van der Waals surface area contributed by atoms with Crippen molar-refractivity contribution in [2.24, 2.45) is 0 Å². The second kappa shape index (κ2) is 18.4. The van der Waals surface area contributed by atoms with Crippen LogP contribution in [-0.2, 0) is 20.4 Å². The molecule has 0 N–H and O–H groups in total. The van der Waals surface area contributed by atoms with E-state index in [4.69, 9.17) is 0 Å². The molecule has 0 saturated carbocycles. The molecule has 0 aliphatic rings. The van der Waals surface area contributed by atoms with Crippen LogP contribution in [0, 0.1) is 6.42 Å². The van der Waals surface area contributed by atoms with Gasteiger partial charge in [0, 0.05) is 20.4 Å². The maximum atomic E-state index is 2.38. The van der Waals surface area contributed by atoms with Gasteiger partial charge >= 0.3 is 0 Å². The van der Waals surface area contributed by atoms with Crippen LogP contribution in [0.25, 0.3) is 0 Å². The average molecular weight is 359 g/mol. The number of rotatable bonds is 6. The first-order chi connectivity index (χ1) is 5.81. The van der Waals surface area contributed by atoms with Crippen molar-refractivity contribution in [2.75, 3.05) is 20.1 Å². The first kappa shape index (κ1) is 19.2. The van der Waals surface area contributed by atoms with Crippen molar-refractivity contribution >= 4 is 0 Å². The molecule has 0 heterocycles. The molecule has 0 aromatic carbocycles. The summed E-state index contributed by atoms with van der Waals surface area (Å²) in [5.41, 5.74) is 0. The Balaban J connectivity index is -0.000000309. The normalized spacial score (nSPS) is 8.77. The van der Waals surface area contributed by atoms with Gasteiger partial charge < -0.3 is 11.3 Å². The smallest absolute Gasteiger partial charge is 0 e. The molecule has 2 heteroatoms. The number of nitrogens with zero attached hydrogens (tertiary/aromatic N) is 1. The molecule has 0 fully saturated rings. The Kier molecular flexibility index (Phi) is 27.2. The van der Waals surface area contributed by atoms with Crippen molar-refractivity contribution in [3.63, 3.8) is 0 Å². The third-order valence-corrected chi connectivity index (χ3v) is 1.75. The first-order valence-electron chi connectivity index (χ1n) is 5.31. The van der Waals surface area contributed by atoms with E-state index in [1.54, 1.807) is 0 Å². The monoisotopic (exact) mass is 359 g/mol. The molecule has 0 saturated heterocycles. The minimum absolute atomic E-state index is 0. The Labute approximate surface area is 98.9 Å². The predicted octanol–water partition coefficient (Wildman–Crippen LogP) is 3.36. The van der Waals surface area contributed by atoms with Crippen molar-refractivity contribution < 1.29 is 20.4 Å². The van der Waals surface area contributed by atoms with Crippen molar-refractivity contribution in [1.82, 2.24) is 4.90 Å². The molecular formula is C11H26NRe-. The molecule has 0 spiro atoms. The summed E-state index contributed by atoms with van der Waals surface area (Å²) >= 11 is 0. The Morgan fingerprint density at radius 2 is 1.62 bits per heavy atom. The van der Waals surface area contributed by atoms with Crippen LogP contribution in [0.5, 0.6) is 0 Å². The van der Waals surface area contributed by atoms with Crippen LogP contribution in [0.4, 0.5) is 0 Å². The average Bonchev–Trinajstić information content (AvgIpc) is 2.15. The van der Waals surface area contributed by atoms with Gasteiger partial charge in [-0.25, -0.2) is 0 Å². The summed E-state index contributed by atoms with van der Waals surface area (Å²) in [5.74, 6) is 0. The number of unbranched alkanes of at least 4 members (excludes halogenated alkanes) is 3. The topological polar surface area (TPSA) is 3.24 Å². The second-order valence-electron chi connectivity index (χ2n) is 2.76. The third kappa shape index (κ3) is 19.2. The van der Waals surface area contributed by atoms with E-state index in [-0.39, 0.29) is 20.4 Å². The van der Waals surface area contributed by atoms with Crippen molar-refractivity contribution in [1.29, 1.82) is 0 Å². The van der Waals surface area contributed by atoms with Gasteiger partial charge in [-0.1, -0.05) is 34.1 Å². The van der Waals surface area contributed by atoms with E-state index in [2.05, 4.69) is 32.2 Å². The fraction of sp³-hybridized carbons (Fsp3) is 0.909. The van der Waals surface area contributed by atoms with Gasteiger partial charge in [-0.3, -0.25) is 0 Å². The molecule has 0 bridgehead atoms. The van der Waals surface area contributed by atoms with Gasteiger partial charge in [-0.15, -0.1) is 0 Å². The van der Waals surface area contributed by atoms with Crippen LogP contribution in [0.2, 0.25) is 0 Å². The van der Waals surface area contributed by atoms with Gasteiger partial charge in [0.25, 0.3) is 0 Å². The van der Waals surface area contributed by atoms with Gasteiger partial charge in [-0.2, -0.15) is 12.8 Å². The second-order valence-corrected chi connectivity index (χ2v) is 2.76. The molecule has 0 atom stereocenters. The van der Waals surface area contributed by atoms with Gasteiger partial charge in [0.2, 0.25) is 0 Å². The van der Waals surface area contributed by atoms with Gasteiger partial charge in [0.05, 0.1) is 0 Å². The standard InChI is InChI=1S/C9H20N.C2H6.Re/c1-4-6-7-8-9-10(3)5-2;1-2;/h7H,4-6,8-9H2,1-3H3;1-2H3;/q-1;;. The fourth-order valence-electron chi connectivity index (χ4n) is 0.818. The van der Waals surface area contributed by atoms with E-state index >= 15 is 0 Å². The molecule has 1 radical (unpaired) electrons. The van der Waals surface area contributed by atoms with Crippen LogP contribution in [0.1, 0.15) is 47.0 Å². The van der Waals surface area contributed by atoms with E-state index in [1.165, 1.54) is 32.4 Å². The van der Waals surface area contributed by atoms with Crippen molar-refractivity contribution in [3.05, 3.63) is 6.42 Å². The molecule has 0 aromatic heterocycles. The molecule has 0 unspecified atom stereocenters. The minimum atomic E-state index is 0. The van der Waals surface area contributed by atoms with Crippen molar-refractivity contribution in [2.45, 2.75) is 47.0 Å². The maximum absolute atomic E-state index is 2.38. The summed E-state index contributed by atoms with van der Waals surface area (Å²) in [4.78, 5) is 2.34. The quantitative estimate of drug-likeness (QED) is 0.520. The summed E-state index contributed by atoms with van der Waals surface area (Å²) in [6, 6.07) is 0. The number of hydrogen-bond acceptors (Lipinski definition) is 1. The zero-order chi connectivity index (χ0) is 9.82. The largest absolute Gasteiger partial charge is 0.327 e.